The zero-order chi connectivity index (χ0) is 20.1. The number of alkyl halides is 1. The lowest BCUT2D eigenvalue weighted by molar-refractivity contribution is -0.226. The van der Waals surface area contributed by atoms with E-state index in [1.54, 1.807) is 23.2 Å². The van der Waals surface area contributed by atoms with Gasteiger partial charge in [0.05, 0.1) is 36.2 Å². The second kappa shape index (κ2) is 6.55. The minimum absolute atomic E-state index is 0.0110. The first kappa shape index (κ1) is 18.1. The molecule has 6 rings (SSSR count). The molecule has 2 unspecified atom stereocenters. The van der Waals surface area contributed by atoms with Crippen LogP contribution in [0.1, 0.15) is 42.9 Å². The van der Waals surface area contributed by atoms with Crippen molar-refractivity contribution >= 4 is 5.91 Å². The molecule has 3 aliphatic carbocycles. The largest absolute Gasteiger partial charge is 0.477 e. The Morgan fingerprint density at radius 1 is 1.28 bits per heavy atom. The van der Waals surface area contributed by atoms with Crippen molar-refractivity contribution in [1.82, 2.24) is 9.88 Å². The second-order valence-corrected chi connectivity index (χ2v) is 8.81. The van der Waals surface area contributed by atoms with E-state index in [0.717, 1.165) is 24.8 Å². The molecule has 2 bridgehead atoms. The van der Waals surface area contributed by atoms with Crippen LogP contribution in [0.3, 0.4) is 0 Å². The normalized spacial score (nSPS) is 32.1. The number of nitrogens with zero attached hydrogens (tertiary/aromatic N) is 3. The van der Waals surface area contributed by atoms with Gasteiger partial charge >= 0.3 is 0 Å². The molecule has 1 aromatic heterocycles. The molecule has 4 fully saturated rings. The molecule has 1 aliphatic heterocycles. The Kier molecular flexibility index (Phi) is 4.09. The molecular weight excluding hydrogens is 369 g/mol. The average molecular weight is 391 g/mol. The first-order chi connectivity index (χ1) is 14.0. The van der Waals surface area contributed by atoms with Gasteiger partial charge < -0.3 is 9.64 Å². The molecule has 0 N–H and O–H groups in total. The molecule has 2 heterocycles. The number of hydrogen-bond donors (Lipinski definition) is 0. The van der Waals surface area contributed by atoms with Crippen LogP contribution in [0.15, 0.2) is 48.7 Å². The zero-order valence-electron chi connectivity index (χ0n) is 16.1. The number of amides is 1. The Hall–Kier alpha value is -2.94. The number of rotatable bonds is 5. The van der Waals surface area contributed by atoms with Gasteiger partial charge in [0.15, 0.2) is 0 Å². The summed E-state index contributed by atoms with van der Waals surface area (Å²) in [7, 11) is 0. The SMILES string of the molecule is N#Cc1ccnc(OCC23CC(C(=O)N4CC(F)CC4c4ccccc4)(C2)C3)c1. The van der Waals surface area contributed by atoms with E-state index in [4.69, 9.17) is 10.00 Å². The molecule has 0 spiro atoms. The number of ether oxygens (including phenoxy) is 1. The van der Waals surface area contributed by atoms with E-state index in [2.05, 4.69) is 11.1 Å². The van der Waals surface area contributed by atoms with E-state index in [1.807, 2.05) is 30.3 Å². The molecule has 3 saturated carbocycles. The molecule has 0 radical (unpaired) electrons. The highest BCUT2D eigenvalue weighted by atomic mass is 19.1. The quantitative estimate of drug-likeness (QED) is 0.777. The number of carbonyl (C=O) groups excluding carboxylic acids is 1. The van der Waals surface area contributed by atoms with E-state index in [0.29, 0.717) is 24.5 Å². The summed E-state index contributed by atoms with van der Waals surface area (Å²) in [6.45, 7) is 0.687. The van der Waals surface area contributed by atoms with Gasteiger partial charge in [0.25, 0.3) is 0 Å². The van der Waals surface area contributed by atoms with Crippen molar-refractivity contribution in [3.8, 4) is 11.9 Å². The Labute approximate surface area is 169 Å². The number of halogens is 1. The maximum Gasteiger partial charge on any atom is 0.229 e. The third kappa shape index (κ3) is 2.96. The monoisotopic (exact) mass is 391 g/mol. The van der Waals surface area contributed by atoms with Crippen LogP contribution in [0.4, 0.5) is 4.39 Å². The van der Waals surface area contributed by atoms with Crippen molar-refractivity contribution in [3.05, 3.63) is 59.8 Å². The van der Waals surface area contributed by atoms with Gasteiger partial charge in [0.2, 0.25) is 11.8 Å². The summed E-state index contributed by atoms with van der Waals surface area (Å²) < 4.78 is 20.0. The Morgan fingerprint density at radius 2 is 2.03 bits per heavy atom. The van der Waals surface area contributed by atoms with Gasteiger partial charge in [0, 0.05) is 24.1 Å². The van der Waals surface area contributed by atoms with Crippen LogP contribution in [0.2, 0.25) is 0 Å². The number of likely N-dealkylation sites (tertiary alicyclic amines) is 1. The van der Waals surface area contributed by atoms with Gasteiger partial charge in [-0.25, -0.2) is 9.37 Å². The summed E-state index contributed by atoms with van der Waals surface area (Å²) in [4.78, 5) is 19.2. The van der Waals surface area contributed by atoms with Gasteiger partial charge in [-0.15, -0.1) is 0 Å². The maximum atomic E-state index is 14.2. The first-order valence-electron chi connectivity index (χ1n) is 10.0. The highest BCUT2D eigenvalue weighted by Gasteiger charge is 2.72. The second-order valence-electron chi connectivity index (χ2n) is 8.81. The lowest BCUT2D eigenvalue weighted by Crippen LogP contribution is -2.69. The Morgan fingerprint density at radius 3 is 2.76 bits per heavy atom. The van der Waals surface area contributed by atoms with Gasteiger partial charge in [-0.3, -0.25) is 4.79 Å². The van der Waals surface area contributed by atoms with Crippen LogP contribution in [0.25, 0.3) is 0 Å². The highest BCUT2D eigenvalue weighted by molar-refractivity contribution is 5.87. The van der Waals surface area contributed by atoms with Crippen molar-refractivity contribution in [2.24, 2.45) is 10.8 Å². The summed E-state index contributed by atoms with van der Waals surface area (Å²) in [5, 5.41) is 8.97. The fourth-order valence-corrected chi connectivity index (χ4v) is 5.47. The van der Waals surface area contributed by atoms with Crippen molar-refractivity contribution in [2.45, 2.75) is 37.9 Å². The van der Waals surface area contributed by atoms with Crippen molar-refractivity contribution in [2.75, 3.05) is 13.2 Å². The van der Waals surface area contributed by atoms with E-state index in [1.165, 1.54) is 0 Å². The van der Waals surface area contributed by atoms with Crippen LogP contribution in [0, 0.1) is 22.2 Å². The van der Waals surface area contributed by atoms with Gasteiger partial charge in [-0.2, -0.15) is 5.26 Å². The number of aromatic nitrogens is 1. The number of benzene rings is 1. The molecule has 1 amide bonds. The molecule has 1 saturated heterocycles. The van der Waals surface area contributed by atoms with Crippen LogP contribution < -0.4 is 4.74 Å². The predicted octanol–water partition coefficient (Wildman–Crippen LogP) is 3.81. The van der Waals surface area contributed by atoms with E-state index < -0.39 is 6.17 Å². The molecule has 148 valence electrons. The van der Waals surface area contributed by atoms with Gasteiger partial charge in [-0.05, 0) is 30.9 Å². The molecule has 1 aromatic carbocycles. The van der Waals surface area contributed by atoms with Crippen LogP contribution >= 0.6 is 0 Å². The molecule has 2 atom stereocenters. The lowest BCUT2D eigenvalue weighted by Gasteiger charge is -2.69. The highest BCUT2D eigenvalue weighted by Crippen LogP contribution is 2.74. The summed E-state index contributed by atoms with van der Waals surface area (Å²) in [6, 6.07) is 14.9. The number of nitriles is 1. The number of carbonyl (C=O) groups is 1. The molecule has 4 aliphatic rings. The van der Waals surface area contributed by atoms with E-state index >= 15 is 0 Å². The molecule has 2 aromatic rings. The first-order valence-corrected chi connectivity index (χ1v) is 10.0. The number of pyridine rings is 1. The summed E-state index contributed by atoms with van der Waals surface area (Å²) in [6.07, 6.45) is 3.32. The number of hydrogen-bond acceptors (Lipinski definition) is 4. The van der Waals surface area contributed by atoms with Crippen molar-refractivity contribution < 1.29 is 13.9 Å². The summed E-state index contributed by atoms with van der Waals surface area (Å²) in [5.41, 5.74) is 1.19. The zero-order valence-corrected chi connectivity index (χ0v) is 16.1. The van der Waals surface area contributed by atoms with E-state index in [9.17, 15) is 9.18 Å². The topological polar surface area (TPSA) is 66.2 Å². The standard InChI is InChI=1S/C23H22FN3O2/c24-18-9-19(17-4-2-1-3-5-17)27(11-18)21(28)23-12-22(13-23,14-23)15-29-20-8-16(10-25)6-7-26-20/h1-8,18-19H,9,11-15H2. The van der Waals surface area contributed by atoms with Crippen molar-refractivity contribution in [3.63, 3.8) is 0 Å². The molecule has 6 heteroatoms. The smallest absolute Gasteiger partial charge is 0.229 e. The Balaban J connectivity index is 1.22. The maximum absolute atomic E-state index is 14.2. The lowest BCUT2D eigenvalue weighted by atomic mass is 9.35. The van der Waals surface area contributed by atoms with Crippen LogP contribution in [-0.4, -0.2) is 35.1 Å². The van der Waals surface area contributed by atoms with Crippen LogP contribution in [-0.2, 0) is 4.79 Å². The third-order valence-corrected chi connectivity index (χ3v) is 6.68. The predicted molar refractivity (Wildman–Crippen MR) is 104 cm³/mol. The Bertz CT molecular complexity index is 967. The fourth-order valence-electron chi connectivity index (χ4n) is 5.47. The molecular formula is C23H22FN3O2. The third-order valence-electron chi connectivity index (χ3n) is 6.68. The van der Waals surface area contributed by atoms with Crippen LogP contribution in [0.5, 0.6) is 5.88 Å². The van der Waals surface area contributed by atoms with Gasteiger partial charge in [-0.1, -0.05) is 30.3 Å². The molecule has 5 nitrogen and oxygen atoms in total. The molecule has 29 heavy (non-hydrogen) atoms. The summed E-state index contributed by atoms with van der Waals surface area (Å²) >= 11 is 0. The summed E-state index contributed by atoms with van der Waals surface area (Å²) in [5.74, 6) is 0.538. The minimum atomic E-state index is -0.965. The minimum Gasteiger partial charge on any atom is -0.477 e. The van der Waals surface area contributed by atoms with Gasteiger partial charge in [0.1, 0.15) is 6.17 Å². The fraction of sp³-hybridized carbons (Fsp3) is 0.435. The van der Waals surface area contributed by atoms with E-state index in [-0.39, 0.29) is 29.3 Å². The van der Waals surface area contributed by atoms with Crippen molar-refractivity contribution in [1.29, 1.82) is 5.26 Å². The average Bonchev–Trinajstić information content (AvgIpc) is 3.08.